The van der Waals surface area contributed by atoms with Gasteiger partial charge >= 0.3 is 6.18 Å². The minimum atomic E-state index is -4.49. The molecule has 4 rings (SSSR count). The van der Waals surface area contributed by atoms with Crippen LogP contribution in [0.2, 0.25) is 0 Å². The molecule has 2 N–H and O–H groups in total. The van der Waals surface area contributed by atoms with Gasteiger partial charge in [0.1, 0.15) is 5.75 Å². The van der Waals surface area contributed by atoms with E-state index in [-0.39, 0.29) is 29.6 Å². The van der Waals surface area contributed by atoms with Crippen molar-refractivity contribution < 1.29 is 27.5 Å². The zero-order valence-electron chi connectivity index (χ0n) is 19.0. The molecule has 0 aliphatic carbocycles. The van der Waals surface area contributed by atoms with E-state index < -0.39 is 23.6 Å². The molecular formula is C24H21F3N6O3. The molecule has 0 aliphatic rings. The van der Waals surface area contributed by atoms with Gasteiger partial charge in [0.15, 0.2) is 18.1 Å². The normalized spacial score (nSPS) is 11.2. The average molecular weight is 498 g/mol. The van der Waals surface area contributed by atoms with Gasteiger partial charge in [-0.3, -0.25) is 14.3 Å². The van der Waals surface area contributed by atoms with Crippen molar-refractivity contribution in [2.24, 2.45) is 0 Å². The second-order valence-electron chi connectivity index (χ2n) is 7.56. The van der Waals surface area contributed by atoms with Crippen molar-refractivity contribution in [3.63, 3.8) is 0 Å². The predicted octanol–water partition coefficient (Wildman–Crippen LogP) is 4.66. The van der Waals surface area contributed by atoms with Crippen LogP contribution in [0.4, 0.5) is 24.5 Å². The molecule has 0 saturated carbocycles. The van der Waals surface area contributed by atoms with Crippen LogP contribution in [-0.2, 0) is 19.5 Å². The maximum Gasteiger partial charge on any atom is 0.416 e. The van der Waals surface area contributed by atoms with Crippen molar-refractivity contribution in [3.05, 3.63) is 90.0 Å². The number of carbonyl (C=O) groups is 2. The number of benzene rings is 2. The highest BCUT2D eigenvalue weighted by Gasteiger charge is 2.30. The molecule has 4 aromatic rings. The summed E-state index contributed by atoms with van der Waals surface area (Å²) in [6.07, 6.45) is -1.51. The van der Waals surface area contributed by atoms with E-state index in [1.54, 1.807) is 24.3 Å². The number of anilines is 2. The van der Waals surface area contributed by atoms with Crippen LogP contribution in [0.3, 0.4) is 0 Å². The number of alkyl halides is 3. The largest absolute Gasteiger partial charge is 0.471 e. The summed E-state index contributed by atoms with van der Waals surface area (Å²) in [7, 11) is 0. The molecule has 2 aromatic carbocycles. The van der Waals surface area contributed by atoms with Crippen molar-refractivity contribution in [1.29, 1.82) is 0 Å². The zero-order chi connectivity index (χ0) is 25.7. The number of aryl methyl sites for hydroxylation is 1. The third kappa shape index (κ3) is 5.90. The quantitative estimate of drug-likeness (QED) is 0.368. The third-order valence-electron chi connectivity index (χ3n) is 4.98. The van der Waals surface area contributed by atoms with E-state index in [0.717, 1.165) is 12.1 Å². The fourth-order valence-corrected chi connectivity index (χ4v) is 3.20. The van der Waals surface area contributed by atoms with Crippen LogP contribution in [-0.4, -0.2) is 31.4 Å². The zero-order valence-corrected chi connectivity index (χ0v) is 19.0. The molecule has 36 heavy (non-hydrogen) atoms. The van der Waals surface area contributed by atoms with E-state index in [2.05, 4.69) is 20.8 Å². The lowest BCUT2D eigenvalue weighted by molar-refractivity contribution is -0.137. The van der Waals surface area contributed by atoms with Gasteiger partial charge < -0.3 is 15.4 Å². The second kappa shape index (κ2) is 10.3. The van der Waals surface area contributed by atoms with Crippen molar-refractivity contribution in [2.45, 2.75) is 26.4 Å². The summed E-state index contributed by atoms with van der Waals surface area (Å²) >= 11 is 0. The highest BCUT2D eigenvalue weighted by molar-refractivity contribution is 6.10. The van der Waals surface area contributed by atoms with Crippen LogP contribution >= 0.6 is 0 Å². The molecule has 12 heteroatoms. The summed E-state index contributed by atoms with van der Waals surface area (Å²) in [5.41, 5.74) is -0.0154. The smallest absolute Gasteiger partial charge is 0.416 e. The highest BCUT2D eigenvalue weighted by Crippen LogP contribution is 2.31. The molecule has 0 aliphatic heterocycles. The number of halogens is 3. The average Bonchev–Trinajstić information content (AvgIpc) is 3.50. The molecule has 0 bridgehead atoms. The molecule has 0 spiro atoms. The van der Waals surface area contributed by atoms with Gasteiger partial charge in [-0.1, -0.05) is 24.3 Å². The van der Waals surface area contributed by atoms with Gasteiger partial charge in [0.2, 0.25) is 0 Å². The number of nitrogens with one attached hydrogen (secondary N) is 2. The summed E-state index contributed by atoms with van der Waals surface area (Å²) in [6.45, 7) is 2.10. The molecule has 0 saturated heterocycles. The number of para-hydroxylation sites is 1. The summed E-state index contributed by atoms with van der Waals surface area (Å²) < 4.78 is 46.7. The minimum Gasteiger partial charge on any atom is -0.471 e. The summed E-state index contributed by atoms with van der Waals surface area (Å²) in [6, 6.07) is 14.7. The number of aromatic nitrogens is 4. The monoisotopic (exact) mass is 498 g/mol. The van der Waals surface area contributed by atoms with Crippen LogP contribution in [0, 0.1) is 0 Å². The first kappa shape index (κ1) is 24.5. The first-order valence-corrected chi connectivity index (χ1v) is 10.8. The number of rotatable bonds is 8. The van der Waals surface area contributed by atoms with E-state index in [9.17, 15) is 22.8 Å². The number of hydrogen-bond acceptors (Lipinski definition) is 5. The van der Waals surface area contributed by atoms with E-state index in [1.807, 2.05) is 13.0 Å². The maximum atomic E-state index is 12.9. The molecule has 2 amide bonds. The number of carbonyl (C=O) groups excluding carboxylic acids is 2. The summed E-state index contributed by atoms with van der Waals surface area (Å²) in [5.74, 6) is -1.09. The Balaban J connectivity index is 1.42. The topological polar surface area (TPSA) is 103 Å². The first-order chi connectivity index (χ1) is 17.2. The fraction of sp³-hybridized carbons (Fsp3) is 0.167. The molecule has 2 aromatic heterocycles. The Morgan fingerprint density at radius 1 is 0.944 bits per heavy atom. The van der Waals surface area contributed by atoms with Crippen molar-refractivity contribution >= 4 is 23.2 Å². The summed E-state index contributed by atoms with van der Waals surface area (Å²) in [4.78, 5) is 25.5. The molecule has 186 valence electrons. The van der Waals surface area contributed by atoms with Gasteiger partial charge in [-0.25, -0.2) is 4.68 Å². The van der Waals surface area contributed by atoms with Gasteiger partial charge in [0, 0.05) is 24.6 Å². The van der Waals surface area contributed by atoms with Gasteiger partial charge in [0.05, 0.1) is 11.3 Å². The highest BCUT2D eigenvalue weighted by atomic mass is 19.4. The third-order valence-corrected chi connectivity index (χ3v) is 4.98. The molecule has 0 atom stereocenters. The second-order valence-corrected chi connectivity index (χ2v) is 7.56. The Hall–Kier alpha value is -4.61. The fourth-order valence-electron chi connectivity index (χ4n) is 3.20. The van der Waals surface area contributed by atoms with E-state index in [4.69, 9.17) is 4.74 Å². The van der Waals surface area contributed by atoms with Crippen molar-refractivity contribution in [2.75, 3.05) is 10.6 Å². The van der Waals surface area contributed by atoms with Gasteiger partial charge in [-0.05, 0) is 43.3 Å². The minimum absolute atomic E-state index is 0.00683. The Morgan fingerprint density at radius 2 is 1.72 bits per heavy atom. The van der Waals surface area contributed by atoms with E-state index in [0.29, 0.717) is 12.2 Å². The van der Waals surface area contributed by atoms with Crippen LogP contribution in [0.25, 0.3) is 0 Å². The number of nitrogens with zero attached hydrogens (tertiary/aromatic N) is 4. The van der Waals surface area contributed by atoms with Crippen LogP contribution in [0.15, 0.2) is 73.1 Å². The van der Waals surface area contributed by atoms with Gasteiger partial charge in [-0.15, -0.1) is 0 Å². The Kier molecular flexibility index (Phi) is 7.04. The lowest BCUT2D eigenvalue weighted by Crippen LogP contribution is -2.18. The Labute approximate surface area is 203 Å². The maximum absolute atomic E-state index is 12.9. The molecule has 9 nitrogen and oxygen atoms in total. The van der Waals surface area contributed by atoms with E-state index >= 15 is 0 Å². The van der Waals surface area contributed by atoms with Crippen molar-refractivity contribution in [1.82, 2.24) is 19.6 Å². The van der Waals surface area contributed by atoms with Crippen molar-refractivity contribution in [3.8, 4) is 5.75 Å². The lowest BCUT2D eigenvalue weighted by atomic mass is 10.2. The number of ether oxygens (including phenoxy) is 1. The van der Waals surface area contributed by atoms with Gasteiger partial charge in [-0.2, -0.15) is 23.4 Å². The number of amides is 2. The SMILES string of the molecule is CCn1cc(NC(=O)c2ccn(COc3cccc(C(F)(F)F)c3)n2)c(C(=O)Nc2ccccc2)n1. The number of hydrogen-bond donors (Lipinski definition) is 2. The van der Waals surface area contributed by atoms with Crippen LogP contribution in [0.1, 0.15) is 33.5 Å². The summed E-state index contributed by atoms with van der Waals surface area (Å²) in [5, 5.41) is 13.7. The van der Waals surface area contributed by atoms with Crippen LogP contribution in [0.5, 0.6) is 5.75 Å². The van der Waals surface area contributed by atoms with Gasteiger partial charge in [0.25, 0.3) is 11.8 Å². The molecule has 2 heterocycles. The molecule has 0 unspecified atom stereocenters. The first-order valence-electron chi connectivity index (χ1n) is 10.8. The Bertz CT molecular complexity index is 1360. The predicted molar refractivity (Wildman–Crippen MR) is 125 cm³/mol. The molecule has 0 radical (unpaired) electrons. The molecular weight excluding hydrogens is 477 g/mol. The standard InChI is InChI=1S/C24H21F3N6O3/c1-2-32-14-20(21(31-32)23(35)28-17-8-4-3-5-9-17)29-22(34)19-11-12-33(30-19)15-36-18-10-6-7-16(13-18)24(25,26)27/h3-14H,2,15H2,1H3,(H,28,35)(H,29,34). The van der Waals surface area contributed by atoms with Crippen LogP contribution < -0.4 is 15.4 Å². The lowest BCUT2D eigenvalue weighted by Gasteiger charge is -2.10. The van der Waals surface area contributed by atoms with E-state index in [1.165, 1.54) is 40.0 Å². The molecule has 0 fully saturated rings. The Morgan fingerprint density at radius 3 is 2.44 bits per heavy atom.